The van der Waals surface area contributed by atoms with E-state index in [4.69, 9.17) is 0 Å². The molecule has 0 bridgehead atoms. The Morgan fingerprint density at radius 3 is 2.44 bits per heavy atom. The molecule has 18 heavy (non-hydrogen) atoms. The SMILES string of the molecule is Cc1nc(-c2ccccc2C(F)(F)CF)sc1C. The first-order chi connectivity index (χ1) is 8.45. The number of hydrogen-bond acceptors (Lipinski definition) is 2. The van der Waals surface area contributed by atoms with Gasteiger partial charge in [0.2, 0.25) is 0 Å². The first kappa shape index (κ1) is 13.1. The van der Waals surface area contributed by atoms with E-state index in [0.717, 1.165) is 10.6 Å². The summed E-state index contributed by atoms with van der Waals surface area (Å²) in [5.74, 6) is -3.47. The van der Waals surface area contributed by atoms with Gasteiger partial charge in [-0.1, -0.05) is 24.3 Å². The lowest BCUT2D eigenvalue weighted by Gasteiger charge is -2.15. The Morgan fingerprint density at radius 2 is 1.89 bits per heavy atom. The van der Waals surface area contributed by atoms with E-state index in [0.29, 0.717) is 10.6 Å². The molecule has 0 saturated carbocycles. The van der Waals surface area contributed by atoms with Crippen LogP contribution in [0, 0.1) is 13.8 Å². The van der Waals surface area contributed by atoms with Crippen molar-refractivity contribution in [3.63, 3.8) is 0 Å². The first-order valence-electron chi connectivity index (χ1n) is 5.43. The van der Waals surface area contributed by atoms with Crippen molar-refractivity contribution in [1.82, 2.24) is 4.98 Å². The number of aromatic nitrogens is 1. The molecule has 0 unspecified atom stereocenters. The predicted molar refractivity (Wildman–Crippen MR) is 66.9 cm³/mol. The van der Waals surface area contributed by atoms with Gasteiger partial charge < -0.3 is 0 Å². The van der Waals surface area contributed by atoms with Gasteiger partial charge in [-0.15, -0.1) is 11.3 Å². The van der Waals surface area contributed by atoms with Crippen molar-refractivity contribution in [3.05, 3.63) is 40.4 Å². The standard InChI is InChI=1S/C13H12F3NS/c1-8-9(2)18-12(17-8)10-5-3-4-6-11(10)13(15,16)7-14/h3-6H,7H2,1-2H3. The summed E-state index contributed by atoms with van der Waals surface area (Å²) in [6.07, 6.45) is 0. The lowest BCUT2D eigenvalue weighted by molar-refractivity contribution is -0.0275. The van der Waals surface area contributed by atoms with Crippen LogP contribution in [0.2, 0.25) is 0 Å². The van der Waals surface area contributed by atoms with E-state index in [-0.39, 0.29) is 5.56 Å². The van der Waals surface area contributed by atoms with Gasteiger partial charge >= 0.3 is 5.92 Å². The molecule has 96 valence electrons. The second kappa shape index (κ2) is 4.72. The second-order valence-corrected chi connectivity index (χ2v) is 5.25. The Balaban J connectivity index is 2.58. The minimum Gasteiger partial charge on any atom is -0.244 e. The van der Waals surface area contributed by atoms with E-state index < -0.39 is 12.6 Å². The van der Waals surface area contributed by atoms with Crippen LogP contribution in [0.3, 0.4) is 0 Å². The lowest BCUT2D eigenvalue weighted by Crippen LogP contribution is -2.16. The highest BCUT2D eigenvalue weighted by Crippen LogP contribution is 2.38. The molecule has 2 aromatic rings. The Hall–Kier alpha value is -1.36. The molecule has 0 aliphatic heterocycles. The molecule has 1 nitrogen and oxygen atoms in total. The second-order valence-electron chi connectivity index (χ2n) is 4.04. The van der Waals surface area contributed by atoms with Crippen molar-refractivity contribution in [2.75, 3.05) is 6.67 Å². The summed E-state index contributed by atoms with van der Waals surface area (Å²) in [6.45, 7) is 2.00. The van der Waals surface area contributed by atoms with Crippen molar-refractivity contribution < 1.29 is 13.2 Å². The molecule has 0 N–H and O–H groups in total. The lowest BCUT2D eigenvalue weighted by atomic mass is 10.0. The fourth-order valence-electron chi connectivity index (χ4n) is 1.65. The highest BCUT2D eigenvalue weighted by molar-refractivity contribution is 7.15. The zero-order chi connectivity index (χ0) is 13.3. The molecule has 0 atom stereocenters. The van der Waals surface area contributed by atoms with Crippen molar-refractivity contribution in [3.8, 4) is 10.6 Å². The smallest absolute Gasteiger partial charge is 0.244 e. The molecular formula is C13H12F3NS. The van der Waals surface area contributed by atoms with Crippen LogP contribution in [0.25, 0.3) is 10.6 Å². The van der Waals surface area contributed by atoms with Crippen LogP contribution < -0.4 is 0 Å². The van der Waals surface area contributed by atoms with Crippen molar-refractivity contribution in [1.29, 1.82) is 0 Å². The largest absolute Gasteiger partial charge is 0.301 e. The summed E-state index contributed by atoms with van der Waals surface area (Å²) in [4.78, 5) is 5.23. The monoisotopic (exact) mass is 271 g/mol. The average Bonchev–Trinajstić information content (AvgIpc) is 2.69. The molecule has 0 amide bonds. The molecule has 5 heteroatoms. The predicted octanol–water partition coefficient (Wildman–Crippen LogP) is 4.49. The Bertz CT molecular complexity index is 544. The summed E-state index contributed by atoms with van der Waals surface area (Å²) in [5.41, 5.74) is 0.816. The van der Waals surface area contributed by atoms with E-state index >= 15 is 0 Å². The molecule has 0 spiro atoms. The number of rotatable bonds is 3. The number of halogens is 3. The Labute approximate surface area is 107 Å². The average molecular weight is 271 g/mol. The van der Waals surface area contributed by atoms with Crippen LogP contribution in [0.4, 0.5) is 13.2 Å². The van der Waals surface area contributed by atoms with Crippen molar-refractivity contribution >= 4 is 11.3 Å². The number of aryl methyl sites for hydroxylation is 2. The Morgan fingerprint density at radius 1 is 1.22 bits per heavy atom. The molecule has 0 saturated heterocycles. The van der Waals surface area contributed by atoms with Gasteiger partial charge in [-0.25, -0.2) is 9.37 Å². The zero-order valence-electron chi connectivity index (χ0n) is 10.0. The number of alkyl halides is 3. The van der Waals surface area contributed by atoms with Gasteiger partial charge in [-0.05, 0) is 13.8 Å². The van der Waals surface area contributed by atoms with Crippen LogP contribution >= 0.6 is 11.3 Å². The number of nitrogens with zero attached hydrogens (tertiary/aromatic N) is 1. The summed E-state index contributed by atoms with van der Waals surface area (Å²) in [5, 5.41) is 0.508. The van der Waals surface area contributed by atoms with Gasteiger partial charge in [0.05, 0.1) is 5.69 Å². The molecule has 0 radical (unpaired) electrons. The van der Waals surface area contributed by atoms with Gasteiger partial charge in [0.1, 0.15) is 5.01 Å². The maximum absolute atomic E-state index is 13.5. The van der Waals surface area contributed by atoms with Gasteiger partial charge in [-0.3, -0.25) is 0 Å². The molecule has 1 aromatic carbocycles. The van der Waals surface area contributed by atoms with E-state index in [2.05, 4.69) is 4.98 Å². The maximum atomic E-state index is 13.5. The minimum atomic E-state index is -3.47. The number of hydrogen-bond donors (Lipinski definition) is 0. The normalized spacial score (nSPS) is 11.8. The van der Waals surface area contributed by atoms with Crippen LogP contribution in [0.1, 0.15) is 16.1 Å². The summed E-state index contributed by atoms with van der Waals surface area (Å²) >= 11 is 1.34. The summed E-state index contributed by atoms with van der Waals surface area (Å²) in [7, 11) is 0. The van der Waals surface area contributed by atoms with Crippen LogP contribution in [-0.4, -0.2) is 11.7 Å². The van der Waals surface area contributed by atoms with Gasteiger partial charge in [0.25, 0.3) is 0 Å². The van der Waals surface area contributed by atoms with Gasteiger partial charge in [0, 0.05) is 16.0 Å². The van der Waals surface area contributed by atoms with E-state index in [1.165, 1.54) is 23.5 Å². The van der Waals surface area contributed by atoms with Crippen LogP contribution in [0.5, 0.6) is 0 Å². The fourth-order valence-corrected chi connectivity index (χ4v) is 2.60. The molecule has 0 aliphatic carbocycles. The fraction of sp³-hybridized carbons (Fsp3) is 0.308. The molecule has 2 rings (SSSR count). The molecular weight excluding hydrogens is 259 g/mol. The third-order valence-electron chi connectivity index (χ3n) is 2.75. The highest BCUT2D eigenvalue weighted by Gasteiger charge is 2.34. The molecule has 1 heterocycles. The first-order valence-corrected chi connectivity index (χ1v) is 6.25. The van der Waals surface area contributed by atoms with Crippen molar-refractivity contribution in [2.45, 2.75) is 19.8 Å². The molecule has 0 fully saturated rings. The quantitative estimate of drug-likeness (QED) is 0.801. The summed E-state index contributed by atoms with van der Waals surface area (Å²) in [6, 6.07) is 5.94. The third kappa shape index (κ3) is 2.27. The van der Waals surface area contributed by atoms with Crippen LogP contribution in [0.15, 0.2) is 24.3 Å². The van der Waals surface area contributed by atoms with E-state index in [1.54, 1.807) is 12.1 Å². The summed E-state index contributed by atoms with van der Waals surface area (Å²) < 4.78 is 39.6. The topological polar surface area (TPSA) is 12.9 Å². The third-order valence-corrected chi connectivity index (χ3v) is 3.85. The minimum absolute atomic E-state index is 0.304. The van der Waals surface area contributed by atoms with Crippen LogP contribution in [-0.2, 0) is 5.92 Å². The van der Waals surface area contributed by atoms with Gasteiger partial charge in [0.15, 0.2) is 6.67 Å². The zero-order valence-corrected chi connectivity index (χ0v) is 10.8. The number of benzene rings is 1. The van der Waals surface area contributed by atoms with Gasteiger partial charge in [-0.2, -0.15) is 8.78 Å². The maximum Gasteiger partial charge on any atom is 0.301 e. The van der Waals surface area contributed by atoms with E-state index in [9.17, 15) is 13.2 Å². The van der Waals surface area contributed by atoms with Crippen molar-refractivity contribution in [2.24, 2.45) is 0 Å². The Kier molecular flexibility index (Phi) is 3.43. The highest BCUT2D eigenvalue weighted by atomic mass is 32.1. The molecule has 1 aromatic heterocycles. The number of thiazole rings is 1. The molecule has 0 aliphatic rings. The van der Waals surface area contributed by atoms with E-state index in [1.807, 2.05) is 13.8 Å².